The predicted octanol–water partition coefficient (Wildman–Crippen LogP) is 3.98. The molecule has 3 aromatic rings. The lowest BCUT2D eigenvalue weighted by atomic mass is 10.2. The Balaban J connectivity index is 1.54. The molecule has 0 aliphatic rings. The fraction of sp³-hybridized carbons (Fsp3) is 0.150. The first kappa shape index (κ1) is 19.1. The van der Waals surface area contributed by atoms with Gasteiger partial charge in [-0.1, -0.05) is 48.0 Å². The maximum absolute atomic E-state index is 12.4. The summed E-state index contributed by atoms with van der Waals surface area (Å²) in [5, 5.41) is 0.777. The number of hydrazine groups is 1. The van der Waals surface area contributed by atoms with E-state index in [0.29, 0.717) is 10.6 Å². The summed E-state index contributed by atoms with van der Waals surface area (Å²) in [4.78, 5) is 30.3. The molecule has 0 saturated heterocycles. The lowest BCUT2D eigenvalue weighted by Crippen LogP contribution is -2.42. The average molecular weight is 398 g/mol. The molecule has 0 saturated carbocycles. The van der Waals surface area contributed by atoms with Crippen LogP contribution in [-0.4, -0.2) is 22.6 Å². The summed E-state index contributed by atoms with van der Waals surface area (Å²) in [6.45, 7) is 3.80. The summed E-state index contributed by atoms with van der Waals surface area (Å²) in [5.74, 6) is -0.402. The van der Waals surface area contributed by atoms with Gasteiger partial charge in [0.2, 0.25) is 5.91 Å². The molecule has 27 heavy (non-hydrogen) atoms. The number of aryl methyl sites for hydroxylation is 2. The molecule has 7 heteroatoms. The molecule has 0 fully saturated rings. The van der Waals surface area contributed by atoms with Gasteiger partial charge in [-0.05, 0) is 26.0 Å². The third kappa shape index (κ3) is 5.18. The van der Waals surface area contributed by atoms with E-state index in [0.717, 1.165) is 15.5 Å². The Morgan fingerprint density at radius 3 is 2.41 bits per heavy atom. The maximum atomic E-state index is 12.4. The molecule has 2 N–H and O–H groups in total. The van der Waals surface area contributed by atoms with E-state index in [1.54, 1.807) is 6.92 Å². The molecular weight excluding hydrogens is 378 g/mol. The van der Waals surface area contributed by atoms with Crippen LogP contribution in [-0.2, 0) is 4.79 Å². The van der Waals surface area contributed by atoms with Crippen molar-refractivity contribution in [1.82, 2.24) is 15.8 Å². The number of amides is 2. The van der Waals surface area contributed by atoms with Crippen molar-refractivity contribution in [3.63, 3.8) is 0 Å². The van der Waals surface area contributed by atoms with Gasteiger partial charge in [0.25, 0.3) is 5.91 Å². The van der Waals surface area contributed by atoms with Crippen LogP contribution in [0, 0.1) is 13.8 Å². The molecule has 2 amide bonds. The molecule has 0 aliphatic heterocycles. The monoisotopic (exact) mass is 397 g/mol. The van der Waals surface area contributed by atoms with Crippen molar-refractivity contribution in [3.05, 3.63) is 70.7 Å². The Morgan fingerprint density at radius 2 is 1.70 bits per heavy atom. The molecule has 2 aromatic carbocycles. The molecule has 1 aromatic heterocycles. The highest BCUT2D eigenvalue weighted by Crippen LogP contribution is 2.27. The molecular formula is C20H19N3O2S2. The van der Waals surface area contributed by atoms with E-state index in [1.165, 1.54) is 28.7 Å². The number of hydrogen-bond acceptors (Lipinski definition) is 5. The topological polar surface area (TPSA) is 71.1 Å². The van der Waals surface area contributed by atoms with Crippen LogP contribution in [0.25, 0.3) is 10.6 Å². The number of rotatable bonds is 5. The lowest BCUT2D eigenvalue weighted by molar-refractivity contribution is -0.119. The van der Waals surface area contributed by atoms with Gasteiger partial charge in [0, 0.05) is 10.5 Å². The van der Waals surface area contributed by atoms with Crippen molar-refractivity contribution in [2.75, 3.05) is 5.75 Å². The van der Waals surface area contributed by atoms with Gasteiger partial charge < -0.3 is 0 Å². The smallest absolute Gasteiger partial charge is 0.272 e. The van der Waals surface area contributed by atoms with Gasteiger partial charge in [-0.3, -0.25) is 20.4 Å². The largest absolute Gasteiger partial charge is 0.281 e. The summed E-state index contributed by atoms with van der Waals surface area (Å²) in [6, 6.07) is 17.6. The number of aromatic nitrogens is 1. The van der Waals surface area contributed by atoms with Gasteiger partial charge in [0.15, 0.2) is 0 Å². The quantitative estimate of drug-likeness (QED) is 0.505. The van der Waals surface area contributed by atoms with Gasteiger partial charge in [0.05, 0.1) is 11.4 Å². The van der Waals surface area contributed by atoms with Crippen LogP contribution in [0.15, 0.2) is 59.5 Å². The van der Waals surface area contributed by atoms with E-state index in [2.05, 4.69) is 15.8 Å². The van der Waals surface area contributed by atoms with E-state index >= 15 is 0 Å². The minimum Gasteiger partial charge on any atom is -0.272 e. The second-order valence-electron chi connectivity index (χ2n) is 5.90. The van der Waals surface area contributed by atoms with Gasteiger partial charge in [-0.15, -0.1) is 23.1 Å². The summed E-state index contributed by atoms with van der Waals surface area (Å²) in [7, 11) is 0. The van der Waals surface area contributed by atoms with Crippen molar-refractivity contribution < 1.29 is 9.59 Å². The van der Waals surface area contributed by atoms with Gasteiger partial charge in [-0.25, -0.2) is 4.98 Å². The number of thioether (sulfide) groups is 1. The normalized spacial score (nSPS) is 10.4. The third-order valence-electron chi connectivity index (χ3n) is 3.73. The van der Waals surface area contributed by atoms with Crippen LogP contribution in [0.3, 0.4) is 0 Å². The zero-order valence-electron chi connectivity index (χ0n) is 15.0. The van der Waals surface area contributed by atoms with Crippen molar-refractivity contribution in [1.29, 1.82) is 0 Å². The maximum Gasteiger partial charge on any atom is 0.281 e. The third-order valence-corrected chi connectivity index (χ3v) is 5.95. The van der Waals surface area contributed by atoms with Crippen LogP contribution < -0.4 is 10.9 Å². The number of carbonyl (C=O) groups excluding carboxylic acids is 2. The highest BCUT2D eigenvalue weighted by atomic mass is 32.2. The Bertz CT molecular complexity index is 938. The van der Waals surface area contributed by atoms with Crippen LogP contribution >= 0.6 is 23.1 Å². The molecule has 0 radical (unpaired) electrons. The van der Waals surface area contributed by atoms with E-state index < -0.39 is 0 Å². The standard InChI is InChI=1S/C20H19N3O2S2/c1-13-8-10-16(11-9-13)26-12-17(24)22-23-19(25)18-14(2)21-20(27-18)15-6-4-3-5-7-15/h3-11H,12H2,1-2H3,(H,22,24)(H,23,25). The molecule has 1 heterocycles. The van der Waals surface area contributed by atoms with E-state index in [9.17, 15) is 9.59 Å². The van der Waals surface area contributed by atoms with Crippen molar-refractivity contribution >= 4 is 34.9 Å². The highest BCUT2D eigenvalue weighted by Gasteiger charge is 2.16. The SMILES string of the molecule is Cc1ccc(SCC(=O)NNC(=O)c2sc(-c3ccccc3)nc2C)cc1. The van der Waals surface area contributed by atoms with Crippen molar-refractivity contribution in [2.24, 2.45) is 0 Å². The zero-order valence-corrected chi connectivity index (χ0v) is 16.6. The summed E-state index contributed by atoms with van der Waals surface area (Å²) in [5.41, 5.74) is 7.70. The molecule has 3 rings (SSSR count). The molecule has 0 bridgehead atoms. The fourth-order valence-electron chi connectivity index (χ4n) is 2.31. The average Bonchev–Trinajstić information content (AvgIpc) is 3.08. The van der Waals surface area contributed by atoms with Crippen LogP contribution in [0.1, 0.15) is 20.9 Å². The first-order valence-electron chi connectivity index (χ1n) is 8.34. The predicted molar refractivity (Wildman–Crippen MR) is 110 cm³/mol. The van der Waals surface area contributed by atoms with E-state index in [1.807, 2.05) is 61.5 Å². The number of hydrogen-bond donors (Lipinski definition) is 2. The second-order valence-corrected chi connectivity index (χ2v) is 7.95. The molecule has 0 atom stereocenters. The second kappa shape index (κ2) is 8.83. The Kier molecular flexibility index (Phi) is 6.26. The lowest BCUT2D eigenvalue weighted by Gasteiger charge is -2.06. The minimum atomic E-state index is -0.360. The number of nitrogens with zero attached hydrogens (tertiary/aromatic N) is 1. The Labute approximate surface area is 166 Å². The van der Waals surface area contributed by atoms with E-state index in [-0.39, 0.29) is 17.6 Å². The first-order valence-corrected chi connectivity index (χ1v) is 10.1. The van der Waals surface area contributed by atoms with Gasteiger partial charge in [-0.2, -0.15) is 0 Å². The number of carbonyl (C=O) groups is 2. The first-order chi connectivity index (χ1) is 13.0. The number of benzene rings is 2. The van der Waals surface area contributed by atoms with Gasteiger partial charge >= 0.3 is 0 Å². The van der Waals surface area contributed by atoms with Crippen LogP contribution in [0.4, 0.5) is 0 Å². The highest BCUT2D eigenvalue weighted by molar-refractivity contribution is 8.00. The molecule has 0 spiro atoms. The summed E-state index contributed by atoms with van der Waals surface area (Å²) >= 11 is 2.72. The van der Waals surface area contributed by atoms with Crippen LogP contribution in [0.2, 0.25) is 0 Å². The zero-order chi connectivity index (χ0) is 19.2. The molecule has 138 valence electrons. The number of nitrogens with one attached hydrogen (secondary N) is 2. The molecule has 0 aliphatic carbocycles. The summed E-state index contributed by atoms with van der Waals surface area (Å²) in [6.07, 6.45) is 0. The van der Waals surface area contributed by atoms with Crippen molar-refractivity contribution in [2.45, 2.75) is 18.7 Å². The Hall–Kier alpha value is -2.64. The summed E-state index contributed by atoms with van der Waals surface area (Å²) < 4.78 is 0. The van der Waals surface area contributed by atoms with Crippen molar-refractivity contribution in [3.8, 4) is 10.6 Å². The van der Waals surface area contributed by atoms with E-state index in [4.69, 9.17) is 0 Å². The van der Waals surface area contributed by atoms with Gasteiger partial charge in [0.1, 0.15) is 9.88 Å². The molecule has 0 unspecified atom stereocenters. The fourth-order valence-corrected chi connectivity index (χ4v) is 3.98. The Morgan fingerprint density at radius 1 is 1.00 bits per heavy atom. The minimum absolute atomic E-state index is 0.222. The number of thiazole rings is 1. The van der Waals surface area contributed by atoms with Crippen LogP contribution in [0.5, 0.6) is 0 Å². The molecule has 5 nitrogen and oxygen atoms in total.